The average Bonchev–Trinajstić information content (AvgIpc) is 2.54. The van der Waals surface area contributed by atoms with Gasteiger partial charge in [0, 0.05) is 12.5 Å². The Labute approximate surface area is 153 Å². The molecule has 0 fully saturated rings. The van der Waals surface area contributed by atoms with Gasteiger partial charge < -0.3 is 9.47 Å². The van der Waals surface area contributed by atoms with Crippen molar-refractivity contribution in [2.24, 2.45) is 0 Å². The molecule has 0 saturated carbocycles. The Kier molecular flexibility index (Phi) is 7.79. The molecule has 0 spiro atoms. The maximum absolute atomic E-state index is 11.5. The molecule has 0 saturated heterocycles. The number of hydrogen-bond acceptors (Lipinski definition) is 7. The molecule has 1 unspecified atom stereocenters. The quantitative estimate of drug-likeness (QED) is 0.220. The first-order valence-electron chi connectivity index (χ1n) is 8.23. The minimum Gasteiger partial charge on any atom is -0.422 e. The van der Waals surface area contributed by atoms with Crippen LogP contribution in [0.2, 0.25) is 0 Å². The fourth-order valence-corrected chi connectivity index (χ4v) is 1.88. The van der Waals surface area contributed by atoms with Crippen LogP contribution in [0.5, 0.6) is 0 Å². The molecule has 0 N–H and O–H groups in total. The van der Waals surface area contributed by atoms with Crippen LogP contribution in [0.25, 0.3) is 0 Å². The molecular weight excluding hydrogens is 340 g/mol. The van der Waals surface area contributed by atoms with Gasteiger partial charge in [-0.15, -0.1) is 0 Å². The largest absolute Gasteiger partial charge is 0.545 e. The van der Waals surface area contributed by atoms with E-state index >= 15 is 0 Å². The first-order chi connectivity index (χ1) is 12.0. The van der Waals surface area contributed by atoms with Crippen LogP contribution in [0.3, 0.4) is 0 Å². The van der Waals surface area contributed by atoms with Crippen molar-refractivity contribution in [1.82, 2.24) is 0 Å². The van der Waals surface area contributed by atoms with E-state index < -0.39 is 24.0 Å². The van der Waals surface area contributed by atoms with Crippen molar-refractivity contribution in [3.05, 3.63) is 47.5 Å². The highest BCUT2D eigenvalue weighted by Gasteiger charge is 2.25. The molecule has 0 amide bonds. The van der Waals surface area contributed by atoms with E-state index in [4.69, 9.17) is 9.62 Å². The highest BCUT2D eigenvalue weighted by molar-refractivity contribution is 5.87. The van der Waals surface area contributed by atoms with E-state index in [-0.39, 0.29) is 5.57 Å². The van der Waals surface area contributed by atoms with Gasteiger partial charge in [-0.1, -0.05) is 44.7 Å². The van der Waals surface area contributed by atoms with E-state index in [1.807, 2.05) is 24.3 Å². The second-order valence-electron chi connectivity index (χ2n) is 6.64. The van der Waals surface area contributed by atoms with Crippen molar-refractivity contribution in [2.75, 3.05) is 0 Å². The van der Waals surface area contributed by atoms with Gasteiger partial charge in [0.25, 0.3) is 0 Å². The predicted molar refractivity (Wildman–Crippen MR) is 93.7 cm³/mol. The standard InChI is InChI=1S/C19H26O7/c1-12(2)15-8-10-16(11-9-15)19(6,7)25-26-24-18(21)23-14(5)22-17(20)13(3)4/h8-12,14H,3H2,1-2,4-7H3. The maximum Gasteiger partial charge on any atom is 0.545 e. The van der Waals surface area contributed by atoms with Crippen LogP contribution in [0.4, 0.5) is 4.79 Å². The third-order valence-corrected chi connectivity index (χ3v) is 3.50. The number of ether oxygens (including phenoxy) is 2. The van der Waals surface area contributed by atoms with Crippen LogP contribution in [-0.2, 0) is 34.7 Å². The summed E-state index contributed by atoms with van der Waals surface area (Å²) in [6.07, 6.45) is -2.37. The summed E-state index contributed by atoms with van der Waals surface area (Å²) in [7, 11) is 0. The molecule has 144 valence electrons. The Bertz CT molecular complexity index is 632. The number of carbonyl (C=O) groups is 2. The maximum atomic E-state index is 11.5. The van der Waals surface area contributed by atoms with Gasteiger partial charge >= 0.3 is 12.1 Å². The number of carbonyl (C=O) groups excluding carboxylic acids is 2. The molecule has 7 nitrogen and oxygen atoms in total. The Morgan fingerprint density at radius 3 is 2.12 bits per heavy atom. The lowest BCUT2D eigenvalue weighted by Gasteiger charge is -2.23. The lowest BCUT2D eigenvalue weighted by Crippen LogP contribution is -2.25. The average molecular weight is 366 g/mol. The van der Waals surface area contributed by atoms with Crippen LogP contribution in [-0.4, -0.2) is 18.4 Å². The van der Waals surface area contributed by atoms with Gasteiger partial charge in [0.1, 0.15) is 5.60 Å². The van der Waals surface area contributed by atoms with Crippen LogP contribution in [0.1, 0.15) is 58.6 Å². The highest BCUT2D eigenvalue weighted by Crippen LogP contribution is 2.26. The van der Waals surface area contributed by atoms with Gasteiger partial charge in [-0.3, -0.25) is 0 Å². The summed E-state index contributed by atoms with van der Waals surface area (Å²) in [4.78, 5) is 32.3. The molecule has 1 aromatic carbocycles. The zero-order valence-corrected chi connectivity index (χ0v) is 16.0. The fraction of sp³-hybridized carbons (Fsp3) is 0.474. The minimum absolute atomic E-state index is 0.179. The van der Waals surface area contributed by atoms with Crippen molar-refractivity contribution in [2.45, 2.75) is 59.4 Å². The van der Waals surface area contributed by atoms with Gasteiger partial charge in [-0.05, 0) is 42.9 Å². The fourth-order valence-electron chi connectivity index (χ4n) is 1.88. The zero-order chi connectivity index (χ0) is 19.9. The van der Waals surface area contributed by atoms with Crippen molar-refractivity contribution < 1.29 is 33.9 Å². The molecule has 0 aromatic heterocycles. The van der Waals surface area contributed by atoms with Crippen LogP contribution >= 0.6 is 0 Å². The number of hydrogen-bond donors (Lipinski definition) is 0. The number of rotatable bonds is 8. The van der Waals surface area contributed by atoms with Gasteiger partial charge in [0.15, 0.2) is 0 Å². The summed E-state index contributed by atoms with van der Waals surface area (Å²) in [6.45, 7) is 14.0. The summed E-state index contributed by atoms with van der Waals surface area (Å²) in [5.74, 6) is -0.267. The minimum atomic E-state index is -1.21. The Morgan fingerprint density at radius 1 is 1.04 bits per heavy atom. The molecule has 0 heterocycles. The first-order valence-corrected chi connectivity index (χ1v) is 8.23. The van der Waals surface area contributed by atoms with Crippen molar-refractivity contribution in [3.8, 4) is 0 Å². The Hall–Kier alpha value is -2.38. The number of benzene rings is 1. The SMILES string of the molecule is C=C(C)C(=O)OC(C)OC(=O)OOOC(C)(C)c1ccc(C(C)C)cc1. The van der Waals surface area contributed by atoms with Crippen molar-refractivity contribution in [1.29, 1.82) is 0 Å². The van der Waals surface area contributed by atoms with Gasteiger partial charge in [0.2, 0.25) is 6.29 Å². The smallest absolute Gasteiger partial charge is 0.422 e. The van der Waals surface area contributed by atoms with Crippen LogP contribution in [0, 0.1) is 0 Å². The molecule has 0 aliphatic heterocycles. The Morgan fingerprint density at radius 2 is 1.62 bits per heavy atom. The van der Waals surface area contributed by atoms with Crippen LogP contribution in [0.15, 0.2) is 36.4 Å². The Balaban J connectivity index is 2.46. The van der Waals surface area contributed by atoms with Crippen molar-refractivity contribution in [3.63, 3.8) is 0 Å². The molecule has 1 aromatic rings. The molecule has 1 rings (SSSR count). The summed E-state index contributed by atoms with van der Waals surface area (Å²) in [6, 6.07) is 7.82. The summed E-state index contributed by atoms with van der Waals surface area (Å²) >= 11 is 0. The third kappa shape index (κ3) is 6.85. The second-order valence-corrected chi connectivity index (χ2v) is 6.64. The van der Waals surface area contributed by atoms with Gasteiger partial charge in [-0.25, -0.2) is 14.5 Å². The van der Waals surface area contributed by atoms with Gasteiger partial charge in [0.05, 0.1) is 0 Å². The topological polar surface area (TPSA) is 80.3 Å². The summed E-state index contributed by atoms with van der Waals surface area (Å²) < 4.78 is 9.45. The first kappa shape index (κ1) is 21.7. The van der Waals surface area contributed by atoms with Gasteiger partial charge in [-0.2, -0.15) is 4.89 Å². The van der Waals surface area contributed by atoms with E-state index in [1.165, 1.54) is 19.4 Å². The molecular formula is C19H26O7. The highest BCUT2D eigenvalue weighted by atomic mass is 17.5. The van der Waals surface area contributed by atoms with Crippen molar-refractivity contribution >= 4 is 12.1 Å². The van der Waals surface area contributed by atoms with E-state index in [9.17, 15) is 9.59 Å². The lowest BCUT2D eigenvalue weighted by molar-refractivity contribution is -0.521. The monoisotopic (exact) mass is 366 g/mol. The lowest BCUT2D eigenvalue weighted by atomic mass is 9.94. The predicted octanol–water partition coefficient (Wildman–Crippen LogP) is 4.53. The number of esters is 1. The summed E-state index contributed by atoms with van der Waals surface area (Å²) in [5, 5.41) is 4.51. The van der Waals surface area contributed by atoms with E-state index in [0.29, 0.717) is 5.92 Å². The summed E-state index contributed by atoms with van der Waals surface area (Å²) in [5.41, 5.74) is 1.35. The van der Waals surface area contributed by atoms with Crippen LogP contribution < -0.4 is 0 Å². The molecule has 26 heavy (non-hydrogen) atoms. The van der Waals surface area contributed by atoms with E-state index in [1.54, 1.807) is 13.8 Å². The molecule has 7 heteroatoms. The van der Waals surface area contributed by atoms with E-state index in [2.05, 4.69) is 35.1 Å². The normalized spacial score (nSPS) is 12.4. The molecule has 1 atom stereocenters. The molecule has 0 aliphatic rings. The third-order valence-electron chi connectivity index (χ3n) is 3.50. The van der Waals surface area contributed by atoms with E-state index in [0.717, 1.165) is 5.56 Å². The molecule has 0 aliphatic carbocycles. The molecule has 0 radical (unpaired) electrons. The second kappa shape index (κ2) is 9.35. The zero-order valence-electron chi connectivity index (χ0n) is 16.0. The molecule has 0 bridgehead atoms.